The standard InChI is InChI=1S/C18H18N2O2S2.C10H11NS2.C8H8BrNO2.ClH/c1-22-18(21)14-6-7-15(19-10-14)11-20(12-16-4-2-8-23-16)13-17-5-3-9-24-17;1-3-9(12-5-1)7-11-8-10-4-2-6-13-10;1-12-8(11)6-2-3-7(4-9)10-5-6;/h2-10H,11-13H2,1H3;1-6,11H,7-8H2;2-3,5H,4H2,1H3;1H. The summed E-state index contributed by atoms with van der Waals surface area (Å²) in [5.41, 5.74) is 2.78. The SMILES string of the molecule is COC(=O)c1ccc(CBr)nc1.COC(=O)c1ccc(CN(Cc2cccs2)Cc2cccs2)nc1.Cl.c1csc(CNCc2cccs2)c1. The summed E-state index contributed by atoms with van der Waals surface area (Å²) < 4.78 is 9.23. The molecule has 0 saturated carbocycles. The van der Waals surface area contributed by atoms with Crippen LogP contribution in [-0.2, 0) is 47.5 Å². The van der Waals surface area contributed by atoms with Crippen LogP contribution in [0.2, 0.25) is 0 Å². The molecule has 264 valence electrons. The number of carbonyl (C=O) groups is 2. The van der Waals surface area contributed by atoms with E-state index in [-0.39, 0.29) is 24.3 Å². The molecular weight excluding hydrogens is 796 g/mol. The average molecular weight is 834 g/mol. The molecular formula is C36H38BrClN4O4S4. The molecule has 14 heteroatoms. The zero-order valence-electron chi connectivity index (χ0n) is 27.5. The molecule has 6 heterocycles. The van der Waals surface area contributed by atoms with Crippen molar-refractivity contribution in [2.45, 2.75) is 38.1 Å². The second-order valence-corrected chi connectivity index (χ2v) is 14.9. The number of alkyl halides is 1. The number of nitrogens with one attached hydrogen (secondary N) is 1. The highest BCUT2D eigenvalue weighted by atomic mass is 79.9. The number of hydrogen-bond acceptors (Lipinski definition) is 12. The Morgan fingerprint density at radius 1 is 0.640 bits per heavy atom. The molecule has 6 aromatic heterocycles. The Kier molecular flexibility index (Phi) is 19.1. The average Bonchev–Trinajstić information content (AvgIpc) is 3.99. The minimum Gasteiger partial charge on any atom is -0.465 e. The van der Waals surface area contributed by atoms with E-state index in [0.29, 0.717) is 16.5 Å². The summed E-state index contributed by atoms with van der Waals surface area (Å²) in [6, 6.07) is 24.1. The third kappa shape index (κ3) is 14.5. The second-order valence-electron chi connectivity index (χ2n) is 10.3. The fraction of sp³-hybridized carbons (Fsp3) is 0.222. The summed E-state index contributed by atoms with van der Waals surface area (Å²) in [5, 5.41) is 12.5. The predicted octanol–water partition coefficient (Wildman–Crippen LogP) is 9.48. The monoisotopic (exact) mass is 832 g/mol. The van der Waals surface area contributed by atoms with Gasteiger partial charge >= 0.3 is 11.9 Å². The maximum atomic E-state index is 11.5. The first-order chi connectivity index (χ1) is 24.0. The fourth-order valence-electron chi connectivity index (χ4n) is 4.28. The lowest BCUT2D eigenvalue weighted by atomic mass is 10.2. The van der Waals surface area contributed by atoms with Crippen molar-refractivity contribution in [2.24, 2.45) is 0 Å². The van der Waals surface area contributed by atoms with Crippen LogP contribution in [0.25, 0.3) is 0 Å². The first kappa shape index (κ1) is 41.2. The zero-order valence-corrected chi connectivity index (χ0v) is 33.2. The molecule has 0 spiro atoms. The predicted molar refractivity (Wildman–Crippen MR) is 212 cm³/mol. The number of halogens is 2. The van der Waals surface area contributed by atoms with E-state index in [2.05, 4.69) is 111 Å². The van der Waals surface area contributed by atoms with Crippen LogP contribution < -0.4 is 5.32 Å². The van der Waals surface area contributed by atoms with Gasteiger partial charge in [-0.25, -0.2) is 9.59 Å². The van der Waals surface area contributed by atoms with Gasteiger partial charge in [-0.3, -0.25) is 14.9 Å². The Morgan fingerprint density at radius 3 is 1.40 bits per heavy atom. The van der Waals surface area contributed by atoms with Gasteiger partial charge in [0, 0.05) is 70.0 Å². The molecule has 0 aliphatic heterocycles. The molecule has 50 heavy (non-hydrogen) atoms. The summed E-state index contributed by atoms with van der Waals surface area (Å²) >= 11 is 10.4. The van der Waals surface area contributed by atoms with E-state index in [9.17, 15) is 9.59 Å². The van der Waals surface area contributed by atoms with Gasteiger partial charge in [-0.15, -0.1) is 57.8 Å². The molecule has 0 bridgehead atoms. The normalized spacial score (nSPS) is 10.2. The fourth-order valence-corrected chi connectivity index (χ4v) is 7.45. The van der Waals surface area contributed by atoms with Gasteiger partial charge in [0.1, 0.15) is 0 Å². The van der Waals surface area contributed by atoms with Crippen molar-refractivity contribution < 1.29 is 19.1 Å². The quantitative estimate of drug-likeness (QED) is 0.0910. The van der Waals surface area contributed by atoms with E-state index in [1.807, 2.05) is 6.07 Å². The van der Waals surface area contributed by atoms with Crippen LogP contribution in [0.4, 0.5) is 0 Å². The lowest BCUT2D eigenvalue weighted by molar-refractivity contribution is 0.0591. The van der Waals surface area contributed by atoms with Gasteiger partial charge < -0.3 is 14.8 Å². The number of ether oxygens (including phenoxy) is 2. The maximum Gasteiger partial charge on any atom is 0.339 e. The molecule has 0 saturated heterocycles. The number of nitrogens with zero attached hydrogens (tertiary/aromatic N) is 3. The van der Waals surface area contributed by atoms with Crippen LogP contribution in [0.1, 0.15) is 51.6 Å². The largest absolute Gasteiger partial charge is 0.465 e. The molecule has 0 atom stereocenters. The number of carbonyl (C=O) groups excluding carboxylic acids is 2. The van der Waals surface area contributed by atoms with E-state index in [1.54, 1.807) is 69.7 Å². The van der Waals surface area contributed by atoms with Gasteiger partial charge in [-0.05, 0) is 70.1 Å². The summed E-state index contributed by atoms with van der Waals surface area (Å²) in [5.74, 6) is -0.716. The molecule has 8 nitrogen and oxygen atoms in total. The van der Waals surface area contributed by atoms with E-state index in [0.717, 1.165) is 44.1 Å². The number of thiophene rings is 4. The van der Waals surface area contributed by atoms with Gasteiger partial charge in [0.05, 0.1) is 36.7 Å². The number of rotatable bonds is 13. The Bertz CT molecular complexity index is 1680. The Hall–Kier alpha value is -3.27. The van der Waals surface area contributed by atoms with Crippen molar-refractivity contribution in [1.82, 2.24) is 20.2 Å². The molecule has 6 rings (SSSR count). The Labute approximate surface area is 323 Å². The highest BCUT2D eigenvalue weighted by Crippen LogP contribution is 2.19. The van der Waals surface area contributed by atoms with Crippen molar-refractivity contribution in [2.75, 3.05) is 14.2 Å². The summed E-state index contributed by atoms with van der Waals surface area (Å²) in [7, 11) is 2.72. The Morgan fingerprint density at radius 2 is 1.06 bits per heavy atom. The molecule has 6 aromatic rings. The van der Waals surface area contributed by atoms with Crippen molar-refractivity contribution in [1.29, 1.82) is 0 Å². The minimum absolute atomic E-state index is 0. The van der Waals surface area contributed by atoms with E-state index in [4.69, 9.17) is 4.74 Å². The third-order valence-electron chi connectivity index (χ3n) is 6.69. The maximum absolute atomic E-state index is 11.5. The lowest BCUT2D eigenvalue weighted by Crippen LogP contribution is -2.22. The van der Waals surface area contributed by atoms with Gasteiger partial charge in [0.2, 0.25) is 0 Å². The van der Waals surface area contributed by atoms with Crippen molar-refractivity contribution in [3.8, 4) is 0 Å². The first-order valence-corrected chi connectivity index (χ1v) is 19.8. The van der Waals surface area contributed by atoms with Crippen molar-refractivity contribution in [3.63, 3.8) is 0 Å². The van der Waals surface area contributed by atoms with Gasteiger partial charge in [-0.1, -0.05) is 40.2 Å². The highest BCUT2D eigenvalue weighted by Gasteiger charge is 2.12. The highest BCUT2D eigenvalue weighted by molar-refractivity contribution is 9.08. The third-order valence-corrected chi connectivity index (χ3v) is 10.7. The number of pyridine rings is 2. The van der Waals surface area contributed by atoms with Crippen molar-refractivity contribution >= 4 is 85.6 Å². The molecule has 0 fully saturated rings. The van der Waals surface area contributed by atoms with E-state index < -0.39 is 0 Å². The molecule has 1 N–H and O–H groups in total. The second kappa shape index (κ2) is 23.3. The smallest absolute Gasteiger partial charge is 0.339 e. The minimum atomic E-state index is -0.358. The number of aromatic nitrogens is 2. The summed E-state index contributed by atoms with van der Waals surface area (Å²) in [6.45, 7) is 4.47. The van der Waals surface area contributed by atoms with Gasteiger partial charge in [-0.2, -0.15) is 0 Å². The molecule has 0 aliphatic carbocycles. The van der Waals surface area contributed by atoms with Crippen LogP contribution in [0.15, 0.2) is 107 Å². The van der Waals surface area contributed by atoms with Gasteiger partial charge in [0.15, 0.2) is 0 Å². The topological polar surface area (TPSA) is 93.7 Å². The van der Waals surface area contributed by atoms with E-state index >= 15 is 0 Å². The summed E-state index contributed by atoms with van der Waals surface area (Å²) in [4.78, 5) is 38.7. The molecule has 0 radical (unpaired) electrons. The number of methoxy groups -OCH3 is 2. The lowest BCUT2D eigenvalue weighted by Gasteiger charge is -2.20. The molecule has 0 aliphatic rings. The zero-order chi connectivity index (χ0) is 34.7. The van der Waals surface area contributed by atoms with Crippen LogP contribution in [0, 0.1) is 0 Å². The van der Waals surface area contributed by atoms with Crippen LogP contribution in [-0.4, -0.2) is 41.0 Å². The first-order valence-electron chi connectivity index (χ1n) is 15.1. The Balaban J connectivity index is 0.000000220. The van der Waals surface area contributed by atoms with Gasteiger partial charge in [0.25, 0.3) is 0 Å². The van der Waals surface area contributed by atoms with Crippen LogP contribution in [0.3, 0.4) is 0 Å². The van der Waals surface area contributed by atoms with Crippen LogP contribution in [0.5, 0.6) is 0 Å². The molecule has 0 aromatic carbocycles. The van der Waals surface area contributed by atoms with Crippen molar-refractivity contribution in [3.05, 3.63) is 149 Å². The van der Waals surface area contributed by atoms with Crippen LogP contribution >= 0.6 is 73.7 Å². The number of hydrogen-bond donors (Lipinski definition) is 1. The van der Waals surface area contributed by atoms with E-state index in [1.165, 1.54) is 39.9 Å². The number of esters is 2. The summed E-state index contributed by atoms with van der Waals surface area (Å²) in [6.07, 6.45) is 3.08. The molecule has 0 amide bonds. The molecule has 0 unspecified atom stereocenters.